The molecule has 0 heterocycles. The molecular weight excluding hydrogens is 100 g/mol. The highest BCUT2D eigenvalue weighted by Gasteiger charge is 2.06. The lowest BCUT2D eigenvalue weighted by molar-refractivity contribution is 0.0936. The van der Waals surface area contributed by atoms with Crippen LogP contribution in [0, 0.1) is 6.08 Å². The lowest BCUT2D eigenvalue weighted by atomic mass is 10.1. The molecule has 0 N–H and O–H groups in total. The van der Waals surface area contributed by atoms with Crippen molar-refractivity contribution >= 4 is 0 Å². The van der Waals surface area contributed by atoms with Crippen molar-refractivity contribution in [3.8, 4) is 0 Å². The smallest absolute Gasteiger partial charge is 0.0614 e. The van der Waals surface area contributed by atoms with Crippen LogP contribution in [-0.4, -0.2) is 13.2 Å². The molecule has 0 saturated heterocycles. The monoisotopic (exact) mass is 111 g/mol. The predicted molar refractivity (Wildman–Crippen MR) is 32.5 cm³/mol. The van der Waals surface area contributed by atoms with Gasteiger partial charge in [-0.3, -0.25) is 0 Å². The van der Waals surface area contributed by atoms with Crippen LogP contribution in [-0.2, 0) is 4.74 Å². The molecule has 0 aromatic carbocycles. The van der Waals surface area contributed by atoms with E-state index in [1.807, 2.05) is 0 Å². The summed E-state index contributed by atoms with van der Waals surface area (Å²) < 4.78 is 5.11. The van der Waals surface area contributed by atoms with Crippen LogP contribution >= 0.6 is 0 Å². The predicted octanol–water partition coefficient (Wildman–Crippen LogP) is 1.54. The molecule has 1 aliphatic carbocycles. The van der Waals surface area contributed by atoms with Gasteiger partial charge in [-0.05, 0) is 25.3 Å². The number of allylic oxidation sites excluding steroid dienone is 1. The number of hydrogen-bond acceptors (Lipinski definition) is 1. The van der Waals surface area contributed by atoms with Crippen LogP contribution in [0.3, 0.4) is 0 Å². The molecule has 0 saturated carbocycles. The zero-order valence-corrected chi connectivity index (χ0v) is 5.18. The van der Waals surface area contributed by atoms with E-state index in [1.165, 1.54) is 6.42 Å². The Morgan fingerprint density at radius 1 is 1.75 bits per heavy atom. The van der Waals surface area contributed by atoms with Crippen molar-refractivity contribution in [2.75, 3.05) is 7.11 Å². The summed E-state index contributed by atoms with van der Waals surface area (Å²) in [6, 6.07) is 0. The Morgan fingerprint density at radius 3 is 3.00 bits per heavy atom. The maximum Gasteiger partial charge on any atom is 0.0614 e. The van der Waals surface area contributed by atoms with Crippen LogP contribution in [0.4, 0.5) is 0 Å². The normalized spacial score (nSPS) is 28.4. The summed E-state index contributed by atoms with van der Waals surface area (Å²) in [4.78, 5) is 0. The van der Waals surface area contributed by atoms with Gasteiger partial charge in [0.05, 0.1) is 6.10 Å². The third-order valence-corrected chi connectivity index (χ3v) is 1.46. The summed E-state index contributed by atoms with van der Waals surface area (Å²) in [7, 11) is 1.76. The number of ether oxygens (including phenoxy) is 1. The zero-order valence-electron chi connectivity index (χ0n) is 5.18. The van der Waals surface area contributed by atoms with Gasteiger partial charge in [0.25, 0.3) is 0 Å². The fourth-order valence-corrected chi connectivity index (χ4v) is 0.889. The highest BCUT2D eigenvalue weighted by Crippen LogP contribution is 2.11. The highest BCUT2D eigenvalue weighted by atomic mass is 16.5. The van der Waals surface area contributed by atoms with Gasteiger partial charge in [-0.25, -0.2) is 0 Å². The van der Waals surface area contributed by atoms with Crippen molar-refractivity contribution in [2.24, 2.45) is 0 Å². The molecule has 0 bridgehead atoms. The second-order valence-electron chi connectivity index (χ2n) is 2.05. The van der Waals surface area contributed by atoms with Gasteiger partial charge in [-0.15, -0.1) is 0 Å². The molecule has 1 nitrogen and oxygen atoms in total. The topological polar surface area (TPSA) is 9.23 Å². The van der Waals surface area contributed by atoms with E-state index in [-0.39, 0.29) is 0 Å². The maximum absolute atomic E-state index is 5.11. The fourth-order valence-electron chi connectivity index (χ4n) is 0.889. The molecule has 1 rings (SSSR count). The molecule has 45 valence electrons. The molecule has 0 aromatic heterocycles. The molecule has 1 unspecified atom stereocenters. The van der Waals surface area contributed by atoms with Gasteiger partial charge in [0.1, 0.15) is 0 Å². The molecule has 0 fully saturated rings. The molecule has 0 aliphatic heterocycles. The van der Waals surface area contributed by atoms with E-state index in [2.05, 4.69) is 12.2 Å². The lowest BCUT2D eigenvalue weighted by Gasteiger charge is -2.14. The minimum atomic E-state index is 0.444. The average Bonchev–Trinajstić information content (AvgIpc) is 1.90. The van der Waals surface area contributed by atoms with Crippen LogP contribution in [0.25, 0.3) is 0 Å². The Bertz CT molecular complexity index is 86.4. The zero-order chi connectivity index (χ0) is 5.82. The molecule has 0 amide bonds. The third kappa shape index (κ3) is 1.34. The van der Waals surface area contributed by atoms with E-state index in [0.717, 1.165) is 12.8 Å². The van der Waals surface area contributed by atoms with Crippen LogP contribution < -0.4 is 0 Å². The fraction of sp³-hybridized carbons (Fsp3) is 0.714. The van der Waals surface area contributed by atoms with Gasteiger partial charge >= 0.3 is 0 Å². The van der Waals surface area contributed by atoms with Crippen molar-refractivity contribution in [1.29, 1.82) is 0 Å². The van der Waals surface area contributed by atoms with Crippen molar-refractivity contribution in [2.45, 2.75) is 25.4 Å². The van der Waals surface area contributed by atoms with E-state index in [4.69, 9.17) is 4.74 Å². The first-order valence-corrected chi connectivity index (χ1v) is 3.01. The lowest BCUT2D eigenvalue weighted by Crippen LogP contribution is -2.10. The summed E-state index contributed by atoms with van der Waals surface area (Å²) >= 11 is 0. The van der Waals surface area contributed by atoms with Crippen LogP contribution in [0.1, 0.15) is 19.3 Å². The largest absolute Gasteiger partial charge is 0.381 e. The Balaban J connectivity index is 2.27. The molecule has 1 aliphatic rings. The third-order valence-electron chi connectivity index (χ3n) is 1.46. The maximum atomic E-state index is 5.11. The second kappa shape index (κ2) is 2.88. The van der Waals surface area contributed by atoms with Gasteiger partial charge in [0.15, 0.2) is 0 Å². The summed E-state index contributed by atoms with van der Waals surface area (Å²) in [6.45, 7) is 0. The average molecular weight is 111 g/mol. The summed E-state index contributed by atoms with van der Waals surface area (Å²) in [6.07, 6.45) is 8.96. The summed E-state index contributed by atoms with van der Waals surface area (Å²) in [5.74, 6) is 0. The van der Waals surface area contributed by atoms with E-state index < -0.39 is 0 Å². The van der Waals surface area contributed by atoms with Gasteiger partial charge in [-0.1, -0.05) is 6.08 Å². The molecule has 0 aromatic rings. The molecule has 1 radical (unpaired) electrons. The van der Waals surface area contributed by atoms with E-state index in [1.54, 1.807) is 7.11 Å². The van der Waals surface area contributed by atoms with Gasteiger partial charge in [0.2, 0.25) is 0 Å². The van der Waals surface area contributed by atoms with Gasteiger partial charge in [-0.2, -0.15) is 0 Å². The van der Waals surface area contributed by atoms with E-state index in [9.17, 15) is 0 Å². The van der Waals surface area contributed by atoms with Crippen molar-refractivity contribution in [1.82, 2.24) is 0 Å². The number of rotatable bonds is 1. The SMILES string of the molecule is COC1C[C]=CCC1. The van der Waals surface area contributed by atoms with Crippen LogP contribution in [0.2, 0.25) is 0 Å². The highest BCUT2D eigenvalue weighted by molar-refractivity contribution is 4.83. The van der Waals surface area contributed by atoms with Crippen molar-refractivity contribution in [3.63, 3.8) is 0 Å². The van der Waals surface area contributed by atoms with Gasteiger partial charge in [0, 0.05) is 7.11 Å². The van der Waals surface area contributed by atoms with Crippen molar-refractivity contribution in [3.05, 3.63) is 12.2 Å². The number of methoxy groups -OCH3 is 1. The van der Waals surface area contributed by atoms with E-state index >= 15 is 0 Å². The Morgan fingerprint density at radius 2 is 2.62 bits per heavy atom. The first-order valence-electron chi connectivity index (χ1n) is 3.01. The molecule has 1 heteroatoms. The minimum Gasteiger partial charge on any atom is -0.381 e. The first-order chi connectivity index (χ1) is 3.93. The summed E-state index contributed by atoms with van der Waals surface area (Å²) in [5, 5.41) is 0. The van der Waals surface area contributed by atoms with Crippen molar-refractivity contribution < 1.29 is 4.74 Å². The Labute approximate surface area is 50.3 Å². The Kier molecular flexibility index (Phi) is 2.10. The first kappa shape index (κ1) is 5.83. The minimum absolute atomic E-state index is 0.444. The Hall–Kier alpha value is -0.300. The number of hydrogen-bond donors (Lipinski definition) is 0. The second-order valence-corrected chi connectivity index (χ2v) is 2.05. The summed E-state index contributed by atoms with van der Waals surface area (Å²) in [5.41, 5.74) is 0. The standard InChI is InChI=1S/C7H11O/c1-8-7-5-3-2-4-6-7/h2,7H,3,5-6H2,1H3. The molecule has 0 spiro atoms. The van der Waals surface area contributed by atoms with E-state index in [0.29, 0.717) is 6.10 Å². The van der Waals surface area contributed by atoms with Crippen LogP contribution in [0.5, 0.6) is 0 Å². The molecular formula is C7H11O. The van der Waals surface area contributed by atoms with Crippen LogP contribution in [0.15, 0.2) is 6.08 Å². The molecule has 1 atom stereocenters. The van der Waals surface area contributed by atoms with Gasteiger partial charge < -0.3 is 4.74 Å². The molecule has 8 heavy (non-hydrogen) atoms. The quantitative estimate of drug-likeness (QED) is 0.498.